The maximum absolute atomic E-state index is 11.5. The van der Waals surface area contributed by atoms with Crippen LogP contribution in [0.15, 0.2) is 54.6 Å². The van der Waals surface area contributed by atoms with Crippen LogP contribution in [0.25, 0.3) is 0 Å². The van der Waals surface area contributed by atoms with E-state index in [0.29, 0.717) is 6.54 Å². The molecule has 4 heteroatoms. The summed E-state index contributed by atoms with van der Waals surface area (Å²) in [5.74, 6) is 1.21. The fourth-order valence-electron chi connectivity index (χ4n) is 3.71. The van der Waals surface area contributed by atoms with Gasteiger partial charge in [-0.05, 0) is 37.1 Å². The molecule has 0 radical (unpaired) electrons. The van der Waals surface area contributed by atoms with E-state index < -0.39 is 5.72 Å². The van der Waals surface area contributed by atoms with E-state index in [1.165, 1.54) is 12.3 Å². The van der Waals surface area contributed by atoms with Gasteiger partial charge < -0.3 is 5.11 Å². The molecule has 0 aliphatic carbocycles. The van der Waals surface area contributed by atoms with E-state index >= 15 is 0 Å². The van der Waals surface area contributed by atoms with E-state index in [1.807, 2.05) is 54.6 Å². The van der Waals surface area contributed by atoms with Crippen LogP contribution in [0.4, 0.5) is 5.69 Å². The van der Waals surface area contributed by atoms with Crippen molar-refractivity contribution in [3.8, 4) is 0 Å². The average Bonchev–Trinajstić information content (AvgIpc) is 2.91. The second kappa shape index (κ2) is 5.66. The quantitative estimate of drug-likeness (QED) is 0.853. The molecule has 0 fully saturated rings. The summed E-state index contributed by atoms with van der Waals surface area (Å²) in [7, 11) is 0. The molecule has 2 aliphatic heterocycles. The topological polar surface area (TPSA) is 26.5 Å². The first kappa shape index (κ1) is 14.7. The molecule has 1 atom stereocenters. The maximum Gasteiger partial charge on any atom is 0.271 e. The van der Waals surface area contributed by atoms with Gasteiger partial charge in [0, 0.05) is 17.0 Å². The van der Waals surface area contributed by atoms with Gasteiger partial charge in [-0.25, -0.2) is 9.48 Å². The molecule has 0 bridgehead atoms. The van der Waals surface area contributed by atoms with E-state index in [0.717, 1.165) is 35.7 Å². The lowest BCUT2D eigenvalue weighted by Crippen LogP contribution is -2.41. The number of hydrogen-bond acceptors (Lipinski definition) is 2. The Labute approximate surface area is 141 Å². The molecule has 0 saturated carbocycles. The van der Waals surface area contributed by atoms with Crippen LogP contribution < -0.4 is 4.90 Å². The molecule has 118 valence electrons. The van der Waals surface area contributed by atoms with Crippen molar-refractivity contribution in [2.75, 3.05) is 18.0 Å². The minimum absolute atomic E-state index is 0.550. The largest absolute Gasteiger partial charge is 0.346 e. The molecule has 0 saturated heterocycles. The van der Waals surface area contributed by atoms with Gasteiger partial charge in [0.1, 0.15) is 5.69 Å². The normalized spacial score (nSPS) is 24.0. The van der Waals surface area contributed by atoms with Gasteiger partial charge in [-0.3, -0.25) is 0 Å². The number of aliphatic hydroxyl groups is 1. The van der Waals surface area contributed by atoms with Gasteiger partial charge in [-0.15, -0.1) is 0 Å². The first-order chi connectivity index (χ1) is 11.2. The Hall–Kier alpha value is -1.84. The maximum atomic E-state index is 11.5. The monoisotopic (exact) mass is 327 g/mol. The lowest BCUT2D eigenvalue weighted by molar-refractivity contribution is -0.661. The number of β-amino-alcohol motifs (C(OH)–C–C–N with tert-alkyl or cyclic N) is 1. The van der Waals surface area contributed by atoms with E-state index in [1.54, 1.807) is 0 Å². The summed E-state index contributed by atoms with van der Waals surface area (Å²) in [5.41, 5.74) is 1.08. The number of rotatable bonds is 2. The number of benzene rings is 2. The van der Waals surface area contributed by atoms with Crippen LogP contribution in [0, 0.1) is 0 Å². The van der Waals surface area contributed by atoms with Crippen LogP contribution in [-0.4, -0.2) is 28.6 Å². The van der Waals surface area contributed by atoms with E-state index in [2.05, 4.69) is 9.48 Å². The molecule has 3 nitrogen and oxygen atoms in total. The Balaban J connectivity index is 1.79. The van der Waals surface area contributed by atoms with Crippen molar-refractivity contribution in [2.24, 2.45) is 0 Å². The zero-order chi connectivity index (χ0) is 15.9. The molecule has 2 heterocycles. The van der Waals surface area contributed by atoms with Crippen molar-refractivity contribution in [2.45, 2.75) is 25.0 Å². The van der Waals surface area contributed by atoms with Crippen LogP contribution in [0.2, 0.25) is 5.02 Å². The van der Waals surface area contributed by atoms with Gasteiger partial charge >= 0.3 is 0 Å². The van der Waals surface area contributed by atoms with Gasteiger partial charge in [0.2, 0.25) is 0 Å². The predicted molar refractivity (Wildman–Crippen MR) is 93.1 cm³/mol. The van der Waals surface area contributed by atoms with Gasteiger partial charge in [0.15, 0.2) is 6.54 Å². The molecule has 0 aromatic heterocycles. The molecular formula is C19H20ClN2O+. The highest BCUT2D eigenvalue weighted by Gasteiger charge is 2.52. The SMILES string of the molecule is O[C@@]1(c2ccccc2)CN(c2ccc(Cl)cc2)C2=[N+]1CCCC2. The van der Waals surface area contributed by atoms with Gasteiger partial charge in [-0.1, -0.05) is 41.9 Å². The number of amidine groups is 1. The fourth-order valence-corrected chi connectivity index (χ4v) is 3.83. The summed E-state index contributed by atoms with van der Waals surface area (Å²) in [6.07, 6.45) is 3.28. The Morgan fingerprint density at radius 1 is 1.00 bits per heavy atom. The van der Waals surface area contributed by atoms with Crippen LogP contribution in [-0.2, 0) is 5.72 Å². The van der Waals surface area contributed by atoms with Gasteiger partial charge in [0.25, 0.3) is 11.6 Å². The number of halogens is 1. The van der Waals surface area contributed by atoms with Crippen molar-refractivity contribution in [1.29, 1.82) is 0 Å². The summed E-state index contributed by atoms with van der Waals surface area (Å²) >= 11 is 6.02. The average molecular weight is 328 g/mol. The number of anilines is 1. The molecule has 0 spiro atoms. The lowest BCUT2D eigenvalue weighted by atomic mass is 10.0. The molecule has 23 heavy (non-hydrogen) atoms. The molecule has 4 rings (SSSR count). The predicted octanol–water partition coefficient (Wildman–Crippen LogP) is 3.60. The first-order valence-electron chi connectivity index (χ1n) is 8.13. The summed E-state index contributed by atoms with van der Waals surface area (Å²) in [6.45, 7) is 1.44. The Bertz CT molecular complexity index is 742. The van der Waals surface area contributed by atoms with Crippen LogP contribution in [0.3, 0.4) is 0 Å². The van der Waals surface area contributed by atoms with Crippen LogP contribution in [0.5, 0.6) is 0 Å². The first-order valence-corrected chi connectivity index (χ1v) is 8.51. The summed E-state index contributed by atoms with van der Waals surface area (Å²) in [5, 5.41) is 12.2. The molecule has 0 amide bonds. The summed E-state index contributed by atoms with van der Waals surface area (Å²) < 4.78 is 2.18. The van der Waals surface area contributed by atoms with E-state index in [9.17, 15) is 5.11 Å². The lowest BCUT2D eigenvalue weighted by Gasteiger charge is -2.24. The van der Waals surface area contributed by atoms with Crippen LogP contribution in [0.1, 0.15) is 24.8 Å². The third kappa shape index (κ3) is 2.44. The number of nitrogens with zero attached hydrogens (tertiary/aromatic N) is 2. The van der Waals surface area contributed by atoms with Crippen molar-refractivity contribution in [3.05, 3.63) is 65.2 Å². The second-order valence-electron chi connectivity index (χ2n) is 6.27. The highest BCUT2D eigenvalue weighted by molar-refractivity contribution is 6.30. The van der Waals surface area contributed by atoms with Crippen molar-refractivity contribution in [3.63, 3.8) is 0 Å². The van der Waals surface area contributed by atoms with Gasteiger partial charge in [0.05, 0.1) is 6.54 Å². The summed E-state index contributed by atoms with van der Waals surface area (Å²) in [4.78, 5) is 2.24. The van der Waals surface area contributed by atoms with E-state index in [4.69, 9.17) is 11.6 Å². The number of hydrogen-bond donors (Lipinski definition) is 1. The Morgan fingerprint density at radius 3 is 2.48 bits per heavy atom. The van der Waals surface area contributed by atoms with Crippen molar-refractivity contribution >= 4 is 23.1 Å². The summed E-state index contributed by atoms with van der Waals surface area (Å²) in [6, 6.07) is 17.9. The fraction of sp³-hybridized carbons (Fsp3) is 0.316. The zero-order valence-electron chi connectivity index (χ0n) is 13.0. The third-order valence-corrected chi connectivity index (χ3v) is 5.11. The van der Waals surface area contributed by atoms with Crippen molar-refractivity contribution in [1.82, 2.24) is 0 Å². The highest BCUT2D eigenvalue weighted by atomic mass is 35.5. The Kier molecular flexibility index (Phi) is 3.63. The standard InChI is InChI=1S/C19H20ClN2O/c20-16-9-11-17(12-10-16)21-14-19(23,15-6-2-1-3-7-15)22-13-5-4-8-18(21)22/h1-3,6-7,9-12,23H,4-5,8,13-14H2/q+1/t19-/m1/s1. The molecule has 0 unspecified atom stereocenters. The Morgan fingerprint density at radius 2 is 1.74 bits per heavy atom. The highest BCUT2D eigenvalue weighted by Crippen LogP contribution is 2.35. The van der Waals surface area contributed by atoms with E-state index in [-0.39, 0.29) is 0 Å². The second-order valence-corrected chi connectivity index (χ2v) is 6.71. The molecule has 2 aromatic rings. The van der Waals surface area contributed by atoms with Crippen molar-refractivity contribution < 1.29 is 9.68 Å². The minimum atomic E-state index is -0.962. The smallest absolute Gasteiger partial charge is 0.271 e. The van der Waals surface area contributed by atoms with Crippen LogP contribution >= 0.6 is 11.6 Å². The molecular weight excluding hydrogens is 308 g/mol. The third-order valence-electron chi connectivity index (χ3n) is 4.85. The minimum Gasteiger partial charge on any atom is -0.346 e. The zero-order valence-corrected chi connectivity index (χ0v) is 13.7. The van der Waals surface area contributed by atoms with Gasteiger partial charge in [-0.2, -0.15) is 0 Å². The molecule has 1 N–H and O–H groups in total. The molecule has 2 aromatic carbocycles. The molecule has 2 aliphatic rings.